The van der Waals surface area contributed by atoms with Gasteiger partial charge in [-0.05, 0) is 12.8 Å². The molecule has 0 spiro atoms. The molecule has 2 aromatic rings. The largest absolute Gasteiger partial charge is 0.394 e. The molecule has 1 aliphatic heterocycles. The lowest BCUT2D eigenvalue weighted by atomic mass is 10.2. The van der Waals surface area contributed by atoms with Crippen molar-refractivity contribution in [3.8, 4) is 0 Å². The summed E-state index contributed by atoms with van der Waals surface area (Å²) >= 11 is 0. The van der Waals surface area contributed by atoms with E-state index in [2.05, 4.69) is 24.8 Å². The molecule has 0 amide bonds. The first-order valence-corrected chi connectivity index (χ1v) is 5.41. The zero-order valence-electron chi connectivity index (χ0n) is 8.80. The number of nitrogens with one attached hydrogen (secondary N) is 1. The van der Waals surface area contributed by atoms with Gasteiger partial charge in [0, 0.05) is 6.54 Å². The maximum atomic E-state index is 9.31. The Morgan fingerprint density at radius 3 is 3.25 bits per heavy atom. The Kier molecular flexibility index (Phi) is 2.21. The molecular weight excluding hydrogens is 206 g/mol. The monoisotopic (exact) mass is 219 g/mol. The summed E-state index contributed by atoms with van der Waals surface area (Å²) in [6, 6.07) is 0.168. The Balaban J connectivity index is 2.07. The summed E-state index contributed by atoms with van der Waals surface area (Å²) in [6.07, 6.45) is 5.24. The van der Waals surface area contributed by atoms with Gasteiger partial charge in [-0.3, -0.25) is 0 Å². The molecule has 6 nitrogen and oxygen atoms in total. The number of aromatic amines is 1. The molecule has 16 heavy (non-hydrogen) atoms. The van der Waals surface area contributed by atoms with Crippen molar-refractivity contribution in [2.75, 3.05) is 18.1 Å². The highest BCUT2D eigenvalue weighted by Crippen LogP contribution is 2.27. The number of H-pyrrole nitrogens is 1. The molecule has 2 N–H and O–H groups in total. The van der Waals surface area contributed by atoms with E-state index in [0.29, 0.717) is 5.65 Å². The lowest BCUT2D eigenvalue weighted by molar-refractivity contribution is 0.266. The van der Waals surface area contributed by atoms with Gasteiger partial charge in [-0.2, -0.15) is 0 Å². The molecule has 1 unspecified atom stereocenters. The number of hydrogen-bond acceptors (Lipinski definition) is 5. The van der Waals surface area contributed by atoms with Gasteiger partial charge in [0.2, 0.25) is 0 Å². The Morgan fingerprint density at radius 1 is 1.44 bits per heavy atom. The zero-order valence-corrected chi connectivity index (χ0v) is 8.80. The van der Waals surface area contributed by atoms with Crippen LogP contribution in [0.3, 0.4) is 0 Å². The molecule has 3 heterocycles. The number of hydrogen-bond donors (Lipinski definition) is 2. The van der Waals surface area contributed by atoms with Crippen LogP contribution in [0.1, 0.15) is 12.8 Å². The topological polar surface area (TPSA) is 77.9 Å². The molecule has 0 radical (unpaired) electrons. The van der Waals surface area contributed by atoms with E-state index in [1.807, 2.05) is 0 Å². The molecular formula is C10H13N5O. The third-order valence-corrected chi connectivity index (χ3v) is 3.06. The van der Waals surface area contributed by atoms with Gasteiger partial charge in [-0.25, -0.2) is 15.0 Å². The molecule has 0 aromatic carbocycles. The van der Waals surface area contributed by atoms with Crippen LogP contribution in [0.2, 0.25) is 0 Å². The standard InChI is InChI=1S/C10H13N5O/c16-4-7-2-1-3-15(7)10-8-9(12-5-11-8)13-6-14-10/h5-7,16H,1-4H2,(H,11,12,13,14). The van der Waals surface area contributed by atoms with Gasteiger partial charge in [0.05, 0.1) is 19.0 Å². The lowest BCUT2D eigenvalue weighted by Gasteiger charge is -2.23. The molecule has 6 heteroatoms. The molecule has 84 valence electrons. The van der Waals surface area contributed by atoms with Crippen LogP contribution >= 0.6 is 0 Å². The Labute approximate surface area is 92.4 Å². The summed E-state index contributed by atoms with van der Waals surface area (Å²) in [6.45, 7) is 1.09. The van der Waals surface area contributed by atoms with Crippen molar-refractivity contribution in [1.82, 2.24) is 19.9 Å². The van der Waals surface area contributed by atoms with Gasteiger partial charge >= 0.3 is 0 Å². The maximum absolute atomic E-state index is 9.31. The van der Waals surface area contributed by atoms with Gasteiger partial charge in [-0.15, -0.1) is 0 Å². The summed E-state index contributed by atoms with van der Waals surface area (Å²) < 4.78 is 0. The SMILES string of the molecule is OCC1CCCN1c1ncnc2nc[nH]c12. The van der Waals surface area contributed by atoms with Crippen LogP contribution in [-0.2, 0) is 0 Å². The number of nitrogens with zero attached hydrogens (tertiary/aromatic N) is 4. The predicted molar refractivity (Wildman–Crippen MR) is 59.1 cm³/mol. The number of aromatic nitrogens is 4. The second kappa shape index (κ2) is 3.71. The number of anilines is 1. The average molecular weight is 219 g/mol. The third-order valence-electron chi connectivity index (χ3n) is 3.06. The van der Waals surface area contributed by atoms with Gasteiger partial charge < -0.3 is 15.0 Å². The summed E-state index contributed by atoms with van der Waals surface area (Å²) in [5, 5.41) is 9.31. The maximum Gasteiger partial charge on any atom is 0.182 e. The van der Waals surface area contributed by atoms with Crippen molar-refractivity contribution in [3.63, 3.8) is 0 Å². The van der Waals surface area contributed by atoms with E-state index >= 15 is 0 Å². The first kappa shape index (κ1) is 9.53. The van der Waals surface area contributed by atoms with E-state index in [1.165, 1.54) is 6.33 Å². The van der Waals surface area contributed by atoms with Crippen LogP contribution in [0.15, 0.2) is 12.7 Å². The highest BCUT2D eigenvalue weighted by molar-refractivity contribution is 5.82. The Morgan fingerprint density at radius 2 is 2.38 bits per heavy atom. The van der Waals surface area contributed by atoms with E-state index in [1.54, 1.807) is 6.33 Å². The fourth-order valence-corrected chi connectivity index (χ4v) is 2.27. The quantitative estimate of drug-likeness (QED) is 0.760. The first-order valence-electron chi connectivity index (χ1n) is 5.41. The minimum atomic E-state index is 0.166. The summed E-state index contributed by atoms with van der Waals surface area (Å²) in [4.78, 5) is 17.7. The fraction of sp³-hybridized carbons (Fsp3) is 0.500. The fourth-order valence-electron chi connectivity index (χ4n) is 2.27. The van der Waals surface area contributed by atoms with Crippen molar-refractivity contribution in [2.45, 2.75) is 18.9 Å². The van der Waals surface area contributed by atoms with Crippen molar-refractivity contribution >= 4 is 17.0 Å². The zero-order chi connectivity index (χ0) is 11.0. The highest BCUT2D eigenvalue weighted by atomic mass is 16.3. The Hall–Kier alpha value is -1.69. The van der Waals surface area contributed by atoms with Gasteiger partial charge in [0.25, 0.3) is 0 Å². The summed E-state index contributed by atoms with van der Waals surface area (Å²) in [5.74, 6) is 0.846. The smallest absolute Gasteiger partial charge is 0.182 e. The molecule has 2 aromatic heterocycles. The molecule has 0 aliphatic carbocycles. The van der Waals surface area contributed by atoms with E-state index in [9.17, 15) is 5.11 Å². The van der Waals surface area contributed by atoms with E-state index in [-0.39, 0.29) is 12.6 Å². The third kappa shape index (κ3) is 1.34. The van der Waals surface area contributed by atoms with Crippen LogP contribution in [0, 0.1) is 0 Å². The Bertz CT molecular complexity index is 497. The average Bonchev–Trinajstić information content (AvgIpc) is 2.96. The van der Waals surface area contributed by atoms with Crippen LogP contribution in [0.25, 0.3) is 11.2 Å². The molecule has 0 saturated carbocycles. The number of aliphatic hydroxyl groups is 1. The molecule has 1 aliphatic rings. The van der Waals surface area contributed by atoms with Gasteiger partial charge in [-0.1, -0.05) is 0 Å². The molecule has 1 atom stereocenters. The summed E-state index contributed by atoms with van der Waals surface area (Å²) in [5.41, 5.74) is 1.52. The molecule has 3 rings (SSSR count). The number of imidazole rings is 1. The second-order valence-electron chi connectivity index (χ2n) is 3.97. The number of aliphatic hydroxyl groups excluding tert-OH is 1. The predicted octanol–water partition coefficient (Wildman–Crippen LogP) is 0.314. The minimum absolute atomic E-state index is 0.166. The van der Waals surface area contributed by atoms with Crippen molar-refractivity contribution in [1.29, 1.82) is 0 Å². The highest BCUT2D eigenvalue weighted by Gasteiger charge is 2.26. The first-order chi connectivity index (χ1) is 7.90. The van der Waals surface area contributed by atoms with Crippen molar-refractivity contribution < 1.29 is 5.11 Å². The summed E-state index contributed by atoms with van der Waals surface area (Å²) in [7, 11) is 0. The number of fused-ring (bicyclic) bond motifs is 1. The van der Waals surface area contributed by atoms with Gasteiger partial charge in [0.15, 0.2) is 11.5 Å². The molecule has 0 bridgehead atoms. The lowest BCUT2D eigenvalue weighted by Crippen LogP contribution is -2.32. The van der Waals surface area contributed by atoms with Crippen LogP contribution in [0.5, 0.6) is 0 Å². The molecule has 1 fully saturated rings. The van der Waals surface area contributed by atoms with Crippen LogP contribution < -0.4 is 4.90 Å². The van der Waals surface area contributed by atoms with E-state index in [0.717, 1.165) is 30.7 Å². The normalized spacial score (nSPS) is 20.8. The van der Waals surface area contributed by atoms with E-state index in [4.69, 9.17) is 0 Å². The minimum Gasteiger partial charge on any atom is -0.394 e. The molecule has 1 saturated heterocycles. The van der Waals surface area contributed by atoms with Crippen LogP contribution in [0.4, 0.5) is 5.82 Å². The van der Waals surface area contributed by atoms with Gasteiger partial charge in [0.1, 0.15) is 11.8 Å². The van der Waals surface area contributed by atoms with E-state index < -0.39 is 0 Å². The van der Waals surface area contributed by atoms with Crippen molar-refractivity contribution in [3.05, 3.63) is 12.7 Å². The van der Waals surface area contributed by atoms with Crippen LogP contribution in [-0.4, -0.2) is 44.2 Å². The second-order valence-corrected chi connectivity index (χ2v) is 3.97. The number of rotatable bonds is 2. The van der Waals surface area contributed by atoms with Crippen molar-refractivity contribution in [2.24, 2.45) is 0 Å².